The molecule has 0 spiro atoms. The Morgan fingerprint density at radius 2 is 0.920 bits per heavy atom. The fourth-order valence-corrected chi connectivity index (χ4v) is 4.47. The van der Waals surface area contributed by atoms with E-state index in [0.29, 0.717) is 0 Å². The fraction of sp³-hybridized carbons (Fsp3) is 1.00. The predicted molar refractivity (Wildman–Crippen MR) is 114 cm³/mol. The number of hydrogen-bond donors (Lipinski definition) is 0. The topological polar surface area (TPSA) is 3.24 Å². The van der Waals surface area contributed by atoms with E-state index in [2.05, 4.69) is 18.7 Å². The van der Waals surface area contributed by atoms with E-state index in [0.717, 1.165) is 6.04 Å². The van der Waals surface area contributed by atoms with Crippen LogP contribution in [0.25, 0.3) is 0 Å². The van der Waals surface area contributed by atoms with Gasteiger partial charge >= 0.3 is 0 Å². The summed E-state index contributed by atoms with van der Waals surface area (Å²) < 4.78 is 0. The first kappa shape index (κ1) is 23.0. The minimum Gasteiger partial charge on any atom is -0.300 e. The summed E-state index contributed by atoms with van der Waals surface area (Å²) in [6.45, 7) is 7.40. The smallest absolute Gasteiger partial charge is 0.00952 e. The van der Waals surface area contributed by atoms with Gasteiger partial charge in [-0.3, -0.25) is 0 Å². The maximum absolute atomic E-state index is 2.93. The van der Waals surface area contributed by atoms with Gasteiger partial charge in [0.15, 0.2) is 0 Å². The molecule has 0 N–H and O–H groups in total. The third-order valence-corrected chi connectivity index (χ3v) is 6.19. The summed E-state index contributed by atoms with van der Waals surface area (Å²) in [5, 5.41) is 0. The molecule has 0 aliphatic heterocycles. The molecule has 1 saturated carbocycles. The van der Waals surface area contributed by atoms with Gasteiger partial charge in [-0.2, -0.15) is 0 Å². The Morgan fingerprint density at radius 1 is 0.520 bits per heavy atom. The van der Waals surface area contributed by atoms with E-state index in [1.54, 1.807) is 0 Å². The fourth-order valence-electron chi connectivity index (χ4n) is 4.47. The molecule has 150 valence electrons. The molecule has 0 saturated heterocycles. The third kappa shape index (κ3) is 12.9. The van der Waals surface area contributed by atoms with Crippen molar-refractivity contribution >= 4 is 0 Å². The van der Waals surface area contributed by atoms with Gasteiger partial charge < -0.3 is 4.90 Å². The molecule has 0 atom stereocenters. The largest absolute Gasteiger partial charge is 0.300 e. The van der Waals surface area contributed by atoms with E-state index in [4.69, 9.17) is 0 Å². The Labute approximate surface area is 160 Å². The summed E-state index contributed by atoms with van der Waals surface area (Å²) in [4.78, 5) is 2.93. The first-order chi connectivity index (χ1) is 12.4. The van der Waals surface area contributed by atoms with Gasteiger partial charge in [0.1, 0.15) is 0 Å². The molecule has 1 aliphatic carbocycles. The molecule has 1 heteroatoms. The van der Waals surface area contributed by atoms with Crippen LogP contribution >= 0.6 is 0 Å². The van der Waals surface area contributed by atoms with Crippen LogP contribution in [0.2, 0.25) is 0 Å². The molecule has 0 aromatic carbocycles. The minimum absolute atomic E-state index is 0.891. The number of hydrogen-bond acceptors (Lipinski definition) is 1. The molecule has 0 unspecified atom stereocenters. The number of nitrogens with zero attached hydrogens (tertiary/aromatic N) is 1. The Balaban J connectivity index is 2.47. The van der Waals surface area contributed by atoms with Crippen LogP contribution in [0.15, 0.2) is 0 Å². The van der Waals surface area contributed by atoms with Gasteiger partial charge in [0.25, 0.3) is 0 Å². The van der Waals surface area contributed by atoms with Gasteiger partial charge in [-0.15, -0.1) is 0 Å². The van der Waals surface area contributed by atoms with Gasteiger partial charge in [0.2, 0.25) is 0 Å². The Kier molecular flexibility index (Phi) is 16.0. The molecule has 0 bridgehead atoms. The van der Waals surface area contributed by atoms with E-state index in [1.807, 2.05) is 0 Å². The van der Waals surface area contributed by atoms with Crippen LogP contribution in [0.4, 0.5) is 0 Å². The van der Waals surface area contributed by atoms with E-state index in [1.165, 1.54) is 135 Å². The zero-order valence-corrected chi connectivity index (χ0v) is 17.9. The molecule has 1 fully saturated rings. The summed E-state index contributed by atoms with van der Waals surface area (Å²) >= 11 is 0. The SMILES string of the molecule is CCCCCCN(CCCCCC)C1CCCCCCCCCCC1. The molecular formula is C24H49N. The standard InChI is InChI=1S/C24H49N/c1-3-5-7-18-22-25(23-19-8-6-4-2)24-20-16-14-12-10-9-11-13-15-17-21-24/h24H,3-23H2,1-2H3. The van der Waals surface area contributed by atoms with Crippen molar-refractivity contribution in [2.75, 3.05) is 13.1 Å². The zero-order chi connectivity index (χ0) is 18.0. The highest BCUT2D eigenvalue weighted by molar-refractivity contribution is 4.73. The molecule has 1 nitrogen and oxygen atoms in total. The van der Waals surface area contributed by atoms with Gasteiger partial charge in [-0.25, -0.2) is 0 Å². The summed E-state index contributed by atoms with van der Waals surface area (Å²) in [6.07, 6.45) is 27.6. The van der Waals surface area contributed by atoms with E-state index in [-0.39, 0.29) is 0 Å². The van der Waals surface area contributed by atoms with Gasteiger partial charge in [-0.1, -0.05) is 110 Å². The van der Waals surface area contributed by atoms with Crippen molar-refractivity contribution in [2.45, 2.75) is 142 Å². The maximum atomic E-state index is 2.93. The van der Waals surface area contributed by atoms with E-state index in [9.17, 15) is 0 Å². The van der Waals surface area contributed by atoms with Crippen molar-refractivity contribution in [1.82, 2.24) is 4.90 Å². The van der Waals surface area contributed by atoms with Gasteiger partial charge in [0.05, 0.1) is 0 Å². The van der Waals surface area contributed by atoms with Crippen LogP contribution in [-0.4, -0.2) is 24.0 Å². The van der Waals surface area contributed by atoms with Crippen LogP contribution in [0.1, 0.15) is 136 Å². The van der Waals surface area contributed by atoms with Gasteiger partial charge in [0, 0.05) is 6.04 Å². The monoisotopic (exact) mass is 351 g/mol. The molecule has 0 radical (unpaired) electrons. The lowest BCUT2D eigenvalue weighted by atomic mass is 9.96. The number of unbranched alkanes of at least 4 members (excludes halogenated alkanes) is 6. The highest BCUT2D eigenvalue weighted by Gasteiger charge is 2.17. The summed E-state index contributed by atoms with van der Waals surface area (Å²) in [5.74, 6) is 0. The lowest BCUT2D eigenvalue weighted by molar-refractivity contribution is 0.163. The van der Waals surface area contributed by atoms with Crippen LogP contribution in [0.5, 0.6) is 0 Å². The van der Waals surface area contributed by atoms with E-state index < -0.39 is 0 Å². The number of rotatable bonds is 11. The zero-order valence-electron chi connectivity index (χ0n) is 17.9. The highest BCUT2D eigenvalue weighted by Crippen LogP contribution is 2.22. The van der Waals surface area contributed by atoms with Crippen LogP contribution < -0.4 is 0 Å². The highest BCUT2D eigenvalue weighted by atomic mass is 15.1. The minimum atomic E-state index is 0.891. The second-order valence-electron chi connectivity index (χ2n) is 8.57. The molecule has 1 aliphatic rings. The van der Waals surface area contributed by atoms with Crippen molar-refractivity contribution in [3.8, 4) is 0 Å². The van der Waals surface area contributed by atoms with Gasteiger partial charge in [-0.05, 0) is 38.8 Å². The van der Waals surface area contributed by atoms with Crippen molar-refractivity contribution in [2.24, 2.45) is 0 Å². The average molecular weight is 352 g/mol. The van der Waals surface area contributed by atoms with Crippen LogP contribution in [-0.2, 0) is 0 Å². The van der Waals surface area contributed by atoms with Crippen molar-refractivity contribution in [3.05, 3.63) is 0 Å². The lowest BCUT2D eigenvalue weighted by Gasteiger charge is -2.32. The third-order valence-electron chi connectivity index (χ3n) is 6.19. The molecule has 0 heterocycles. The second kappa shape index (κ2) is 17.4. The molecule has 25 heavy (non-hydrogen) atoms. The predicted octanol–water partition coefficient (Wildman–Crippen LogP) is 8.12. The molecule has 0 aromatic heterocycles. The van der Waals surface area contributed by atoms with Crippen molar-refractivity contribution < 1.29 is 0 Å². The molecule has 0 amide bonds. The van der Waals surface area contributed by atoms with E-state index >= 15 is 0 Å². The summed E-state index contributed by atoms with van der Waals surface area (Å²) in [7, 11) is 0. The Hall–Kier alpha value is -0.0400. The Morgan fingerprint density at radius 3 is 1.32 bits per heavy atom. The Bertz CT molecular complexity index is 239. The van der Waals surface area contributed by atoms with Crippen molar-refractivity contribution in [3.63, 3.8) is 0 Å². The maximum Gasteiger partial charge on any atom is 0.00952 e. The quantitative estimate of drug-likeness (QED) is 0.340. The molecule has 1 rings (SSSR count). The van der Waals surface area contributed by atoms with Crippen LogP contribution in [0.3, 0.4) is 0 Å². The normalized spacial score (nSPS) is 18.8. The second-order valence-corrected chi connectivity index (χ2v) is 8.57. The first-order valence-electron chi connectivity index (χ1n) is 12.1. The molecule has 0 aromatic rings. The summed E-state index contributed by atoms with van der Waals surface area (Å²) in [5.41, 5.74) is 0. The lowest BCUT2D eigenvalue weighted by Crippen LogP contribution is -2.37. The van der Waals surface area contributed by atoms with Crippen LogP contribution in [0, 0.1) is 0 Å². The summed E-state index contributed by atoms with van der Waals surface area (Å²) in [6, 6.07) is 0.891. The van der Waals surface area contributed by atoms with Crippen molar-refractivity contribution in [1.29, 1.82) is 0 Å². The molecular weight excluding hydrogens is 302 g/mol. The first-order valence-corrected chi connectivity index (χ1v) is 12.1. The average Bonchev–Trinajstić information content (AvgIpc) is 2.61.